The van der Waals surface area contributed by atoms with Crippen LogP contribution in [0, 0.1) is 11.3 Å². The first-order valence-electron chi connectivity index (χ1n) is 5.37. The van der Waals surface area contributed by atoms with Gasteiger partial charge in [0.25, 0.3) is 0 Å². The fraction of sp³-hybridized carbons (Fsp3) is 0.0714. The highest BCUT2D eigenvalue weighted by Gasteiger charge is 2.03. The van der Waals surface area contributed by atoms with Crippen LogP contribution in [0.15, 0.2) is 46.9 Å². The zero-order valence-corrected chi connectivity index (χ0v) is 11.8. The summed E-state index contributed by atoms with van der Waals surface area (Å²) in [7, 11) is 0. The Kier molecular flexibility index (Phi) is 4.24. The van der Waals surface area contributed by atoms with Gasteiger partial charge in [0.2, 0.25) is 0 Å². The third-order valence-electron chi connectivity index (χ3n) is 2.52. The molecule has 0 aliphatic carbocycles. The van der Waals surface area contributed by atoms with Crippen molar-refractivity contribution < 1.29 is 0 Å². The summed E-state index contributed by atoms with van der Waals surface area (Å²) in [5.41, 5.74) is 2.73. The highest BCUT2D eigenvalue weighted by Crippen LogP contribution is 2.30. The van der Waals surface area contributed by atoms with E-state index in [-0.39, 0.29) is 0 Å². The summed E-state index contributed by atoms with van der Waals surface area (Å²) in [5.74, 6) is 0. The summed E-state index contributed by atoms with van der Waals surface area (Å²) in [6.07, 6.45) is 0. The Hall–Kier alpha value is -1.50. The molecule has 0 atom stereocenters. The van der Waals surface area contributed by atoms with Crippen LogP contribution in [0.2, 0.25) is 5.02 Å². The molecule has 0 aliphatic heterocycles. The SMILES string of the molecule is N#Cc1ccc(CNc2cccc(Cl)c2Br)cc1. The summed E-state index contributed by atoms with van der Waals surface area (Å²) in [5, 5.41) is 12.7. The number of nitrogens with one attached hydrogen (secondary N) is 1. The van der Waals surface area contributed by atoms with Gasteiger partial charge in [0.05, 0.1) is 26.8 Å². The molecule has 0 spiro atoms. The standard InChI is InChI=1S/C14H10BrClN2/c15-14-12(16)2-1-3-13(14)18-9-11-6-4-10(8-17)5-7-11/h1-7,18H,9H2. The summed E-state index contributed by atoms with van der Waals surface area (Å²) >= 11 is 9.45. The van der Waals surface area contributed by atoms with E-state index in [4.69, 9.17) is 16.9 Å². The molecule has 0 bridgehead atoms. The Labute approximate surface area is 119 Å². The Bertz CT molecular complexity index is 588. The maximum absolute atomic E-state index is 8.72. The molecule has 2 nitrogen and oxygen atoms in total. The molecule has 2 aromatic rings. The number of hydrogen-bond donors (Lipinski definition) is 1. The summed E-state index contributed by atoms with van der Waals surface area (Å²) < 4.78 is 0.861. The Morgan fingerprint density at radius 3 is 2.56 bits per heavy atom. The van der Waals surface area contributed by atoms with Gasteiger partial charge in [-0.15, -0.1) is 0 Å². The van der Waals surface area contributed by atoms with Gasteiger partial charge >= 0.3 is 0 Å². The van der Waals surface area contributed by atoms with Gasteiger partial charge in [-0.1, -0.05) is 29.8 Å². The van der Waals surface area contributed by atoms with E-state index in [1.54, 1.807) is 0 Å². The lowest BCUT2D eigenvalue weighted by molar-refractivity contribution is 1.14. The number of anilines is 1. The molecule has 0 aromatic heterocycles. The molecule has 18 heavy (non-hydrogen) atoms. The highest BCUT2D eigenvalue weighted by molar-refractivity contribution is 9.10. The van der Waals surface area contributed by atoms with Crippen LogP contribution < -0.4 is 5.32 Å². The first kappa shape index (κ1) is 12.9. The molecule has 2 aromatic carbocycles. The minimum atomic E-state index is 0.669. The smallest absolute Gasteiger partial charge is 0.0991 e. The minimum absolute atomic E-state index is 0.669. The Morgan fingerprint density at radius 2 is 1.89 bits per heavy atom. The molecule has 0 unspecified atom stereocenters. The molecular weight excluding hydrogens is 312 g/mol. The van der Waals surface area contributed by atoms with Crippen molar-refractivity contribution in [2.24, 2.45) is 0 Å². The quantitative estimate of drug-likeness (QED) is 0.897. The van der Waals surface area contributed by atoms with Crippen molar-refractivity contribution >= 4 is 33.2 Å². The van der Waals surface area contributed by atoms with Gasteiger partial charge in [0.15, 0.2) is 0 Å². The second kappa shape index (κ2) is 5.90. The van der Waals surface area contributed by atoms with Gasteiger partial charge < -0.3 is 5.32 Å². The average Bonchev–Trinajstić information content (AvgIpc) is 2.41. The fourth-order valence-corrected chi connectivity index (χ4v) is 2.11. The van der Waals surface area contributed by atoms with E-state index in [0.29, 0.717) is 17.1 Å². The number of rotatable bonds is 3. The molecule has 90 valence electrons. The monoisotopic (exact) mass is 320 g/mol. The predicted octanol–water partition coefficient (Wildman–Crippen LogP) is 4.59. The first-order valence-corrected chi connectivity index (χ1v) is 6.55. The Morgan fingerprint density at radius 1 is 1.17 bits per heavy atom. The van der Waals surface area contributed by atoms with Crippen LogP contribution in [0.1, 0.15) is 11.1 Å². The van der Waals surface area contributed by atoms with Gasteiger partial charge in [-0.25, -0.2) is 0 Å². The molecule has 0 amide bonds. The van der Waals surface area contributed by atoms with Crippen LogP contribution >= 0.6 is 27.5 Å². The molecule has 0 saturated heterocycles. The molecule has 4 heteroatoms. The van der Waals surface area contributed by atoms with Crippen molar-refractivity contribution in [1.82, 2.24) is 0 Å². The van der Waals surface area contributed by atoms with Crippen molar-refractivity contribution in [2.45, 2.75) is 6.54 Å². The summed E-state index contributed by atoms with van der Waals surface area (Å²) in [6, 6.07) is 15.3. The number of hydrogen-bond acceptors (Lipinski definition) is 2. The number of benzene rings is 2. The van der Waals surface area contributed by atoms with E-state index < -0.39 is 0 Å². The lowest BCUT2D eigenvalue weighted by atomic mass is 10.1. The van der Waals surface area contributed by atoms with Gasteiger partial charge in [0.1, 0.15) is 0 Å². The van der Waals surface area contributed by atoms with Gasteiger partial charge in [-0.3, -0.25) is 0 Å². The van der Waals surface area contributed by atoms with E-state index in [1.165, 1.54) is 0 Å². The van der Waals surface area contributed by atoms with Crippen molar-refractivity contribution in [1.29, 1.82) is 5.26 Å². The van der Waals surface area contributed by atoms with Crippen LogP contribution in [0.25, 0.3) is 0 Å². The van der Waals surface area contributed by atoms with Crippen molar-refractivity contribution in [3.8, 4) is 6.07 Å². The van der Waals surface area contributed by atoms with E-state index in [9.17, 15) is 0 Å². The first-order chi connectivity index (χ1) is 8.70. The molecule has 1 N–H and O–H groups in total. The van der Waals surface area contributed by atoms with Gasteiger partial charge in [-0.2, -0.15) is 5.26 Å². The predicted molar refractivity (Wildman–Crippen MR) is 77.6 cm³/mol. The van der Waals surface area contributed by atoms with Crippen molar-refractivity contribution in [3.05, 3.63) is 63.1 Å². The number of nitriles is 1. The molecule has 0 heterocycles. The zero-order valence-electron chi connectivity index (χ0n) is 9.45. The van der Waals surface area contributed by atoms with E-state index in [1.807, 2.05) is 42.5 Å². The maximum atomic E-state index is 8.72. The Balaban J connectivity index is 2.07. The molecule has 2 rings (SSSR count). The average molecular weight is 322 g/mol. The third-order valence-corrected chi connectivity index (χ3v) is 3.92. The third kappa shape index (κ3) is 3.04. The fourth-order valence-electron chi connectivity index (χ4n) is 1.53. The normalized spacial score (nSPS) is 9.83. The van der Waals surface area contributed by atoms with E-state index >= 15 is 0 Å². The molecule has 0 aliphatic rings. The number of nitrogens with zero attached hydrogens (tertiary/aromatic N) is 1. The molecular formula is C14H10BrClN2. The van der Waals surface area contributed by atoms with Gasteiger partial charge in [0, 0.05) is 6.54 Å². The van der Waals surface area contributed by atoms with Crippen LogP contribution in [-0.4, -0.2) is 0 Å². The van der Waals surface area contributed by atoms with Crippen molar-refractivity contribution in [3.63, 3.8) is 0 Å². The van der Waals surface area contributed by atoms with Crippen molar-refractivity contribution in [2.75, 3.05) is 5.32 Å². The number of halogens is 2. The van der Waals surface area contributed by atoms with Crippen LogP contribution in [-0.2, 0) is 6.54 Å². The maximum Gasteiger partial charge on any atom is 0.0991 e. The second-order valence-electron chi connectivity index (χ2n) is 3.76. The van der Waals surface area contributed by atoms with Gasteiger partial charge in [-0.05, 0) is 45.8 Å². The van der Waals surface area contributed by atoms with Crippen LogP contribution in [0.5, 0.6) is 0 Å². The lowest BCUT2D eigenvalue weighted by Gasteiger charge is -2.09. The van der Waals surface area contributed by atoms with Crippen LogP contribution in [0.3, 0.4) is 0 Å². The molecule has 0 saturated carbocycles. The summed E-state index contributed by atoms with van der Waals surface area (Å²) in [6.45, 7) is 0.685. The van der Waals surface area contributed by atoms with Crippen LogP contribution in [0.4, 0.5) is 5.69 Å². The van der Waals surface area contributed by atoms with E-state index in [2.05, 4.69) is 27.3 Å². The topological polar surface area (TPSA) is 35.8 Å². The summed E-state index contributed by atoms with van der Waals surface area (Å²) in [4.78, 5) is 0. The van der Waals surface area contributed by atoms with E-state index in [0.717, 1.165) is 15.7 Å². The zero-order chi connectivity index (χ0) is 13.0. The largest absolute Gasteiger partial charge is 0.380 e. The molecule has 0 fully saturated rings. The highest BCUT2D eigenvalue weighted by atomic mass is 79.9. The molecule has 0 radical (unpaired) electrons. The second-order valence-corrected chi connectivity index (χ2v) is 4.96. The lowest BCUT2D eigenvalue weighted by Crippen LogP contribution is -2.00. The minimum Gasteiger partial charge on any atom is -0.380 e.